The minimum absolute atomic E-state index is 0.00772. The zero-order valence-corrected chi connectivity index (χ0v) is 22.3. The summed E-state index contributed by atoms with van der Waals surface area (Å²) in [5.41, 5.74) is 0.239. The van der Waals surface area contributed by atoms with E-state index in [1.807, 2.05) is 0 Å². The number of piperidine rings is 1. The highest BCUT2D eigenvalue weighted by atomic mass is 35.5. The van der Waals surface area contributed by atoms with E-state index in [4.69, 9.17) is 21.1 Å². The molecular formula is C28H31ClF4N2O3. The molecule has 2 saturated heterocycles. The quantitative estimate of drug-likeness (QED) is 0.277. The van der Waals surface area contributed by atoms with E-state index in [2.05, 4.69) is 9.88 Å². The zero-order valence-electron chi connectivity index (χ0n) is 21.6. The number of alkyl halides is 3. The number of pyridine rings is 1. The summed E-state index contributed by atoms with van der Waals surface area (Å²) in [6.07, 6.45) is 1.26. The number of carbonyl (C=O) groups is 1. The lowest BCUT2D eigenvalue weighted by molar-refractivity contribution is -0.137. The monoisotopic (exact) mass is 554 g/mol. The van der Waals surface area contributed by atoms with E-state index in [0.717, 1.165) is 49.1 Å². The average molecular weight is 555 g/mol. The van der Waals surface area contributed by atoms with Gasteiger partial charge < -0.3 is 9.47 Å². The molecule has 5 rings (SSSR count). The van der Waals surface area contributed by atoms with E-state index in [9.17, 15) is 18.0 Å². The summed E-state index contributed by atoms with van der Waals surface area (Å²) in [5.74, 6) is -0.907. The van der Waals surface area contributed by atoms with E-state index in [-0.39, 0.29) is 34.7 Å². The SMILES string of the molecule is CC(C)(C)OC(=O)c1cc(C2CC2)c(CN2[C@@H]3CC[C@H]2C[C@H](Oc2ncc(C(F)(F)F)cc2Cl)C3)cc1F. The number of fused-ring (bicyclic) bond motifs is 2. The van der Waals surface area contributed by atoms with Gasteiger partial charge in [-0.3, -0.25) is 4.90 Å². The first kappa shape index (κ1) is 27.2. The highest BCUT2D eigenvalue weighted by Crippen LogP contribution is 2.45. The molecule has 3 atom stereocenters. The van der Waals surface area contributed by atoms with Gasteiger partial charge in [-0.25, -0.2) is 14.2 Å². The van der Waals surface area contributed by atoms with Gasteiger partial charge in [0.25, 0.3) is 0 Å². The number of hydrogen-bond donors (Lipinski definition) is 0. The molecule has 0 radical (unpaired) electrons. The van der Waals surface area contributed by atoms with Crippen molar-refractivity contribution in [1.29, 1.82) is 0 Å². The summed E-state index contributed by atoms with van der Waals surface area (Å²) in [5, 5.41) is -0.163. The summed E-state index contributed by atoms with van der Waals surface area (Å²) in [7, 11) is 0. The predicted octanol–water partition coefficient (Wildman–Crippen LogP) is 7.30. The van der Waals surface area contributed by atoms with Crippen molar-refractivity contribution in [3.63, 3.8) is 0 Å². The molecule has 1 aromatic heterocycles. The van der Waals surface area contributed by atoms with Crippen molar-refractivity contribution in [2.45, 2.75) is 102 Å². The van der Waals surface area contributed by atoms with Crippen LogP contribution in [0.5, 0.6) is 5.88 Å². The van der Waals surface area contributed by atoms with E-state index >= 15 is 4.39 Å². The molecule has 3 heterocycles. The fourth-order valence-corrected chi connectivity index (χ4v) is 5.84. The van der Waals surface area contributed by atoms with Crippen LogP contribution in [0, 0.1) is 5.82 Å². The van der Waals surface area contributed by atoms with E-state index < -0.39 is 29.1 Å². The summed E-state index contributed by atoms with van der Waals surface area (Å²) in [6.45, 7) is 5.83. The molecule has 5 nitrogen and oxygen atoms in total. The Kier molecular flexibility index (Phi) is 7.14. The summed E-state index contributed by atoms with van der Waals surface area (Å²) in [4.78, 5) is 18.8. The Morgan fingerprint density at radius 1 is 1.08 bits per heavy atom. The van der Waals surface area contributed by atoms with Crippen molar-refractivity contribution in [2.75, 3.05) is 0 Å². The van der Waals surface area contributed by atoms with Gasteiger partial charge in [-0.1, -0.05) is 11.6 Å². The molecule has 206 valence electrons. The van der Waals surface area contributed by atoms with Gasteiger partial charge in [-0.05, 0) is 94.5 Å². The smallest absolute Gasteiger partial charge is 0.417 e. The van der Waals surface area contributed by atoms with Crippen LogP contribution in [0.1, 0.15) is 92.3 Å². The number of ether oxygens (including phenoxy) is 2. The Hall–Kier alpha value is -2.39. The fraction of sp³-hybridized carbons (Fsp3) is 0.571. The van der Waals surface area contributed by atoms with Crippen LogP contribution in [0.3, 0.4) is 0 Å². The first-order chi connectivity index (χ1) is 17.8. The molecule has 1 aromatic carbocycles. The molecule has 2 bridgehead atoms. The molecule has 1 aliphatic carbocycles. The Bertz CT molecular complexity index is 1210. The third kappa shape index (κ3) is 5.93. The molecule has 38 heavy (non-hydrogen) atoms. The van der Waals surface area contributed by atoms with Crippen molar-refractivity contribution in [3.05, 3.63) is 57.5 Å². The highest BCUT2D eigenvalue weighted by molar-refractivity contribution is 6.31. The fourth-order valence-electron chi connectivity index (χ4n) is 5.63. The van der Waals surface area contributed by atoms with E-state index in [0.29, 0.717) is 25.3 Å². The van der Waals surface area contributed by atoms with Crippen LogP contribution >= 0.6 is 11.6 Å². The van der Waals surface area contributed by atoms with Crippen LogP contribution in [-0.2, 0) is 17.5 Å². The number of carbonyl (C=O) groups excluding carboxylic acids is 1. The lowest BCUT2D eigenvalue weighted by atomic mass is 9.95. The number of rotatable bonds is 6. The van der Waals surface area contributed by atoms with Crippen molar-refractivity contribution in [3.8, 4) is 5.88 Å². The van der Waals surface area contributed by atoms with Crippen LogP contribution < -0.4 is 4.74 Å². The van der Waals surface area contributed by atoms with Gasteiger partial charge in [0.1, 0.15) is 22.5 Å². The number of esters is 1. The third-order valence-electron chi connectivity index (χ3n) is 7.47. The lowest BCUT2D eigenvalue weighted by Crippen LogP contribution is -2.46. The van der Waals surface area contributed by atoms with Crippen molar-refractivity contribution in [2.24, 2.45) is 0 Å². The maximum atomic E-state index is 15.1. The number of hydrogen-bond acceptors (Lipinski definition) is 5. The molecule has 2 aromatic rings. The standard InChI is InChI=1S/C28H31ClF4N2O3/c1-27(2,3)38-26(36)22-12-21(15-4-5-15)16(8-24(22)30)14-35-18-6-7-19(35)11-20(10-18)37-25-23(29)9-17(13-34-25)28(31,32)33/h8-9,12-13,15,18-20H,4-7,10-11,14H2,1-3H3/t18-,19+,20-. The minimum Gasteiger partial charge on any atom is -0.473 e. The Balaban J connectivity index is 1.29. The van der Waals surface area contributed by atoms with Crippen LogP contribution in [0.4, 0.5) is 17.6 Å². The second kappa shape index (κ2) is 9.97. The van der Waals surface area contributed by atoms with Crippen molar-refractivity contribution in [1.82, 2.24) is 9.88 Å². The predicted molar refractivity (Wildman–Crippen MR) is 134 cm³/mol. The van der Waals surface area contributed by atoms with Crippen LogP contribution in [-0.4, -0.2) is 39.6 Å². The maximum absolute atomic E-state index is 15.1. The molecule has 0 N–H and O–H groups in total. The van der Waals surface area contributed by atoms with Gasteiger partial charge in [0, 0.05) is 24.8 Å². The molecule has 10 heteroatoms. The summed E-state index contributed by atoms with van der Waals surface area (Å²) >= 11 is 6.05. The van der Waals surface area contributed by atoms with Gasteiger partial charge in [0.2, 0.25) is 5.88 Å². The largest absolute Gasteiger partial charge is 0.473 e. The Morgan fingerprint density at radius 2 is 1.74 bits per heavy atom. The topological polar surface area (TPSA) is 51.7 Å². The van der Waals surface area contributed by atoms with Gasteiger partial charge in [-0.2, -0.15) is 13.2 Å². The highest BCUT2D eigenvalue weighted by Gasteiger charge is 2.43. The molecule has 3 fully saturated rings. The number of benzene rings is 1. The van der Waals surface area contributed by atoms with Crippen LogP contribution in [0.25, 0.3) is 0 Å². The molecule has 1 saturated carbocycles. The zero-order chi connectivity index (χ0) is 27.4. The molecule has 0 unspecified atom stereocenters. The summed E-state index contributed by atoms with van der Waals surface area (Å²) in [6, 6.07) is 4.37. The Morgan fingerprint density at radius 3 is 2.29 bits per heavy atom. The minimum atomic E-state index is -4.52. The second-order valence-electron chi connectivity index (χ2n) is 11.6. The van der Waals surface area contributed by atoms with Crippen LogP contribution in [0.15, 0.2) is 24.4 Å². The molecule has 0 spiro atoms. The van der Waals surface area contributed by atoms with Crippen LogP contribution in [0.2, 0.25) is 5.02 Å². The molecular weight excluding hydrogens is 524 g/mol. The Labute approximate surface area is 224 Å². The molecule has 2 aliphatic heterocycles. The number of nitrogens with zero attached hydrogens (tertiary/aromatic N) is 2. The maximum Gasteiger partial charge on any atom is 0.417 e. The second-order valence-corrected chi connectivity index (χ2v) is 12.0. The van der Waals surface area contributed by atoms with Crippen molar-refractivity contribution < 1.29 is 31.8 Å². The van der Waals surface area contributed by atoms with Gasteiger partial charge in [0.05, 0.1) is 11.1 Å². The third-order valence-corrected chi connectivity index (χ3v) is 7.74. The first-order valence-corrected chi connectivity index (χ1v) is 13.4. The van der Waals surface area contributed by atoms with Gasteiger partial charge in [0.15, 0.2) is 0 Å². The van der Waals surface area contributed by atoms with E-state index in [1.54, 1.807) is 26.8 Å². The lowest BCUT2D eigenvalue weighted by Gasteiger charge is -2.39. The van der Waals surface area contributed by atoms with Gasteiger partial charge in [-0.15, -0.1) is 0 Å². The normalized spacial score (nSPS) is 23.9. The van der Waals surface area contributed by atoms with Crippen molar-refractivity contribution >= 4 is 17.6 Å². The summed E-state index contributed by atoms with van der Waals surface area (Å²) < 4.78 is 65.3. The average Bonchev–Trinajstić information content (AvgIpc) is 3.60. The molecule has 0 amide bonds. The first-order valence-electron chi connectivity index (χ1n) is 13.0. The molecule has 3 aliphatic rings. The number of aromatic nitrogens is 1. The van der Waals surface area contributed by atoms with E-state index in [1.165, 1.54) is 6.07 Å². The number of halogens is 5. The van der Waals surface area contributed by atoms with Gasteiger partial charge >= 0.3 is 12.1 Å².